The van der Waals surface area contributed by atoms with Crippen molar-refractivity contribution >= 4 is 0 Å². The molecular weight excluding hydrogens is 202 g/mol. The third kappa shape index (κ3) is 4.04. The number of nitrogens with one attached hydrogen (secondary N) is 1. The number of allylic oxidation sites excluding steroid dienone is 1. The minimum atomic E-state index is -0.484. The van der Waals surface area contributed by atoms with Gasteiger partial charge in [-0.05, 0) is 25.1 Å². The van der Waals surface area contributed by atoms with Gasteiger partial charge in [-0.2, -0.15) is 0 Å². The van der Waals surface area contributed by atoms with Crippen molar-refractivity contribution in [3.05, 3.63) is 42.5 Å². The Labute approximate surface area is 96.8 Å². The Balaban J connectivity index is 2.55. The highest BCUT2D eigenvalue weighted by Gasteiger charge is 2.05. The molecule has 1 aromatic rings. The fraction of sp³-hybridized carbons (Fsp3) is 0.385. The van der Waals surface area contributed by atoms with Gasteiger partial charge in [-0.3, -0.25) is 0 Å². The maximum Gasteiger partial charge on any atom is 0.122 e. The van der Waals surface area contributed by atoms with E-state index in [4.69, 9.17) is 4.74 Å². The van der Waals surface area contributed by atoms with E-state index in [0.29, 0.717) is 13.2 Å². The fourth-order valence-electron chi connectivity index (χ4n) is 1.45. The number of ether oxygens (including phenoxy) is 1. The number of aliphatic hydroxyl groups excluding tert-OH is 1. The molecule has 1 aromatic carbocycles. The molecule has 0 spiro atoms. The van der Waals surface area contributed by atoms with Crippen molar-refractivity contribution in [3.63, 3.8) is 0 Å². The molecule has 0 fully saturated rings. The van der Waals surface area contributed by atoms with Gasteiger partial charge in [0, 0.05) is 6.54 Å². The number of hydrogen-bond donors (Lipinski definition) is 2. The molecule has 0 heterocycles. The number of para-hydroxylation sites is 1. The Kier molecular flexibility index (Phi) is 5.61. The predicted molar refractivity (Wildman–Crippen MR) is 65.8 cm³/mol. The van der Waals surface area contributed by atoms with Crippen LogP contribution in [-0.2, 0) is 6.42 Å². The Morgan fingerprint density at radius 2 is 2.25 bits per heavy atom. The van der Waals surface area contributed by atoms with Crippen LogP contribution in [0, 0.1) is 0 Å². The monoisotopic (exact) mass is 221 g/mol. The summed E-state index contributed by atoms with van der Waals surface area (Å²) in [5.74, 6) is 0.817. The topological polar surface area (TPSA) is 41.5 Å². The van der Waals surface area contributed by atoms with Crippen LogP contribution in [0.15, 0.2) is 36.9 Å². The van der Waals surface area contributed by atoms with E-state index >= 15 is 0 Å². The molecule has 16 heavy (non-hydrogen) atoms. The van der Waals surface area contributed by atoms with Crippen LogP contribution in [0.1, 0.15) is 5.56 Å². The molecular formula is C13H19NO2. The first-order valence-corrected chi connectivity index (χ1v) is 5.42. The van der Waals surface area contributed by atoms with Gasteiger partial charge in [-0.1, -0.05) is 24.3 Å². The molecule has 3 nitrogen and oxygen atoms in total. The lowest BCUT2D eigenvalue weighted by Gasteiger charge is -2.14. The zero-order valence-electron chi connectivity index (χ0n) is 9.65. The SMILES string of the molecule is C=CCc1ccccc1OC[C@H](O)CNC. The minimum Gasteiger partial charge on any atom is -0.491 e. The molecule has 0 saturated heterocycles. The molecule has 0 aliphatic heterocycles. The van der Waals surface area contributed by atoms with Crippen LogP contribution < -0.4 is 10.1 Å². The standard InChI is InChI=1S/C13H19NO2/c1-3-6-11-7-4-5-8-13(11)16-10-12(15)9-14-2/h3-5,7-8,12,14-15H,1,6,9-10H2,2H3/t12-/m1/s1. The summed E-state index contributed by atoms with van der Waals surface area (Å²) in [6.45, 7) is 4.54. The first-order valence-electron chi connectivity index (χ1n) is 5.42. The highest BCUT2D eigenvalue weighted by molar-refractivity contribution is 5.34. The molecule has 1 atom stereocenters. The van der Waals surface area contributed by atoms with Crippen molar-refractivity contribution in [2.45, 2.75) is 12.5 Å². The number of aliphatic hydroxyl groups is 1. The molecule has 0 radical (unpaired) electrons. The van der Waals surface area contributed by atoms with Gasteiger partial charge >= 0.3 is 0 Å². The van der Waals surface area contributed by atoms with Crippen molar-refractivity contribution < 1.29 is 9.84 Å². The Hall–Kier alpha value is -1.32. The highest BCUT2D eigenvalue weighted by Crippen LogP contribution is 2.18. The molecule has 0 unspecified atom stereocenters. The average Bonchev–Trinajstić information content (AvgIpc) is 2.29. The number of hydrogen-bond acceptors (Lipinski definition) is 3. The van der Waals surface area contributed by atoms with Gasteiger partial charge in [-0.25, -0.2) is 0 Å². The largest absolute Gasteiger partial charge is 0.491 e. The van der Waals surface area contributed by atoms with Crippen LogP contribution in [0.25, 0.3) is 0 Å². The Bertz CT molecular complexity index is 325. The van der Waals surface area contributed by atoms with Crippen LogP contribution in [0.5, 0.6) is 5.75 Å². The van der Waals surface area contributed by atoms with Crippen LogP contribution in [0.3, 0.4) is 0 Å². The predicted octanol–water partition coefficient (Wildman–Crippen LogP) is 1.37. The maximum atomic E-state index is 9.52. The zero-order valence-corrected chi connectivity index (χ0v) is 9.65. The Morgan fingerprint density at radius 3 is 2.94 bits per heavy atom. The molecule has 88 valence electrons. The third-order valence-corrected chi connectivity index (χ3v) is 2.21. The number of likely N-dealkylation sites (N-methyl/N-ethyl adjacent to an activating group) is 1. The molecule has 0 aliphatic carbocycles. The normalized spacial score (nSPS) is 12.1. The van der Waals surface area contributed by atoms with Gasteiger partial charge < -0.3 is 15.2 Å². The van der Waals surface area contributed by atoms with Crippen LogP contribution in [0.4, 0.5) is 0 Å². The summed E-state index contributed by atoms with van der Waals surface area (Å²) < 4.78 is 5.57. The van der Waals surface area contributed by atoms with E-state index in [0.717, 1.165) is 17.7 Å². The maximum absolute atomic E-state index is 9.52. The van der Waals surface area contributed by atoms with Crippen LogP contribution in [0.2, 0.25) is 0 Å². The summed E-state index contributed by atoms with van der Waals surface area (Å²) in [6, 6.07) is 7.80. The van der Waals surface area contributed by atoms with Crippen molar-refractivity contribution in [1.29, 1.82) is 0 Å². The molecule has 0 amide bonds. The zero-order chi connectivity index (χ0) is 11.8. The second-order valence-corrected chi connectivity index (χ2v) is 3.62. The lowest BCUT2D eigenvalue weighted by atomic mass is 10.1. The summed E-state index contributed by atoms with van der Waals surface area (Å²) in [5, 5.41) is 12.4. The van der Waals surface area contributed by atoms with E-state index in [2.05, 4.69) is 11.9 Å². The third-order valence-electron chi connectivity index (χ3n) is 2.21. The van der Waals surface area contributed by atoms with Gasteiger partial charge in [0.15, 0.2) is 0 Å². The van der Waals surface area contributed by atoms with Gasteiger partial charge in [-0.15, -0.1) is 6.58 Å². The van der Waals surface area contributed by atoms with Gasteiger partial charge in [0.2, 0.25) is 0 Å². The van der Waals surface area contributed by atoms with Gasteiger partial charge in [0.25, 0.3) is 0 Å². The second kappa shape index (κ2) is 7.04. The lowest BCUT2D eigenvalue weighted by Crippen LogP contribution is -2.29. The minimum absolute atomic E-state index is 0.301. The quantitative estimate of drug-likeness (QED) is 0.683. The lowest BCUT2D eigenvalue weighted by molar-refractivity contribution is 0.108. The van der Waals surface area contributed by atoms with Gasteiger partial charge in [0.05, 0.1) is 0 Å². The summed E-state index contributed by atoms with van der Waals surface area (Å²) in [4.78, 5) is 0. The highest BCUT2D eigenvalue weighted by atomic mass is 16.5. The molecule has 3 heteroatoms. The summed E-state index contributed by atoms with van der Waals surface area (Å²) in [5.41, 5.74) is 1.09. The molecule has 2 N–H and O–H groups in total. The smallest absolute Gasteiger partial charge is 0.122 e. The molecule has 1 rings (SSSR count). The van der Waals surface area contributed by atoms with Crippen molar-refractivity contribution in [3.8, 4) is 5.75 Å². The molecule has 0 bridgehead atoms. The fourth-order valence-corrected chi connectivity index (χ4v) is 1.45. The van der Waals surface area contributed by atoms with E-state index in [1.807, 2.05) is 30.3 Å². The summed E-state index contributed by atoms with van der Waals surface area (Å²) in [6.07, 6.45) is 2.13. The van der Waals surface area contributed by atoms with Crippen LogP contribution in [-0.4, -0.2) is 31.4 Å². The average molecular weight is 221 g/mol. The van der Waals surface area contributed by atoms with Crippen molar-refractivity contribution in [2.24, 2.45) is 0 Å². The van der Waals surface area contributed by atoms with Crippen LogP contribution >= 0.6 is 0 Å². The number of rotatable bonds is 7. The van der Waals surface area contributed by atoms with E-state index in [-0.39, 0.29) is 0 Å². The van der Waals surface area contributed by atoms with Crippen molar-refractivity contribution in [1.82, 2.24) is 5.32 Å². The summed E-state index contributed by atoms with van der Waals surface area (Å²) >= 11 is 0. The molecule has 0 aromatic heterocycles. The van der Waals surface area contributed by atoms with Gasteiger partial charge in [0.1, 0.15) is 18.5 Å². The second-order valence-electron chi connectivity index (χ2n) is 3.62. The van der Waals surface area contributed by atoms with Crippen molar-refractivity contribution in [2.75, 3.05) is 20.2 Å². The first kappa shape index (κ1) is 12.7. The van der Waals surface area contributed by atoms with E-state index < -0.39 is 6.10 Å². The van der Waals surface area contributed by atoms with E-state index in [1.54, 1.807) is 7.05 Å². The first-order chi connectivity index (χ1) is 7.77. The molecule has 0 aliphatic rings. The number of benzene rings is 1. The van der Waals surface area contributed by atoms with E-state index in [1.165, 1.54) is 0 Å². The summed E-state index contributed by atoms with van der Waals surface area (Å²) in [7, 11) is 1.80. The van der Waals surface area contributed by atoms with E-state index in [9.17, 15) is 5.11 Å². The molecule has 0 saturated carbocycles. The Morgan fingerprint density at radius 1 is 1.50 bits per heavy atom.